The van der Waals surface area contributed by atoms with Crippen LogP contribution in [-0.4, -0.2) is 30.1 Å². The molecule has 0 aliphatic rings. The van der Waals surface area contributed by atoms with Crippen molar-refractivity contribution < 1.29 is 0 Å². The maximum atomic E-state index is 4.34. The predicted molar refractivity (Wildman–Crippen MR) is 55.1 cm³/mol. The van der Waals surface area contributed by atoms with Crippen LogP contribution >= 0.6 is 0 Å². The van der Waals surface area contributed by atoms with E-state index >= 15 is 0 Å². The lowest BCUT2D eigenvalue weighted by molar-refractivity contribution is 0.822. The average molecular weight is 180 g/mol. The minimum atomic E-state index is 0.789. The molecule has 0 bridgehead atoms. The molecule has 4 heteroatoms. The molecule has 0 saturated heterocycles. The van der Waals surface area contributed by atoms with Gasteiger partial charge in [0.2, 0.25) is 5.95 Å². The van der Waals surface area contributed by atoms with Gasteiger partial charge in [0.05, 0.1) is 0 Å². The Kier molecular flexibility index (Phi) is 3.49. The summed E-state index contributed by atoms with van der Waals surface area (Å²) in [5.41, 5.74) is 0. The van der Waals surface area contributed by atoms with Gasteiger partial charge in [-0.25, -0.2) is 4.98 Å². The third kappa shape index (κ3) is 2.31. The van der Waals surface area contributed by atoms with E-state index in [1.165, 1.54) is 0 Å². The monoisotopic (exact) mass is 180 g/mol. The number of nitrogens with zero attached hydrogens (tertiary/aromatic N) is 3. The van der Waals surface area contributed by atoms with Crippen molar-refractivity contribution in [2.75, 3.05) is 30.4 Å². The molecule has 0 saturated carbocycles. The van der Waals surface area contributed by atoms with E-state index in [0.717, 1.165) is 24.9 Å². The van der Waals surface area contributed by atoms with Crippen LogP contribution in [-0.2, 0) is 0 Å². The van der Waals surface area contributed by atoms with Crippen LogP contribution in [0.2, 0.25) is 0 Å². The molecule has 13 heavy (non-hydrogen) atoms. The molecule has 0 radical (unpaired) electrons. The number of anilines is 2. The van der Waals surface area contributed by atoms with Crippen LogP contribution in [0.3, 0.4) is 0 Å². The molecule has 1 N–H and O–H groups in total. The smallest absolute Gasteiger partial charge is 0.227 e. The minimum Gasteiger partial charge on any atom is -0.373 e. The van der Waals surface area contributed by atoms with Crippen LogP contribution < -0.4 is 10.2 Å². The van der Waals surface area contributed by atoms with Gasteiger partial charge in [-0.1, -0.05) is 0 Å². The molecule has 4 nitrogen and oxygen atoms in total. The summed E-state index contributed by atoms with van der Waals surface area (Å²) in [6.07, 6.45) is 1.77. The largest absolute Gasteiger partial charge is 0.373 e. The summed E-state index contributed by atoms with van der Waals surface area (Å²) in [4.78, 5) is 10.7. The van der Waals surface area contributed by atoms with Gasteiger partial charge in [0.15, 0.2) is 0 Å². The average Bonchev–Trinajstić information content (AvgIpc) is 2.20. The van der Waals surface area contributed by atoms with Crippen molar-refractivity contribution in [2.45, 2.75) is 13.8 Å². The second-order valence-corrected chi connectivity index (χ2v) is 2.66. The van der Waals surface area contributed by atoms with Crippen LogP contribution in [0.4, 0.5) is 11.8 Å². The number of hydrogen-bond donors (Lipinski definition) is 1. The summed E-state index contributed by atoms with van der Waals surface area (Å²) in [5.74, 6) is 1.65. The van der Waals surface area contributed by atoms with Gasteiger partial charge in [0.1, 0.15) is 5.82 Å². The van der Waals surface area contributed by atoms with Crippen LogP contribution in [0.1, 0.15) is 13.8 Å². The number of rotatable bonds is 4. The maximum Gasteiger partial charge on any atom is 0.227 e. The fourth-order valence-electron chi connectivity index (χ4n) is 1.15. The van der Waals surface area contributed by atoms with Crippen molar-refractivity contribution in [2.24, 2.45) is 0 Å². The van der Waals surface area contributed by atoms with Gasteiger partial charge in [-0.3, -0.25) is 0 Å². The van der Waals surface area contributed by atoms with E-state index < -0.39 is 0 Å². The van der Waals surface area contributed by atoms with Crippen LogP contribution in [0.15, 0.2) is 12.3 Å². The number of nitrogens with one attached hydrogen (secondary N) is 1. The first kappa shape index (κ1) is 9.77. The van der Waals surface area contributed by atoms with Gasteiger partial charge in [-0.15, -0.1) is 0 Å². The van der Waals surface area contributed by atoms with Gasteiger partial charge in [-0.05, 0) is 19.9 Å². The SMILES string of the molecule is CCN(CC)c1nccc(NC)n1. The van der Waals surface area contributed by atoms with E-state index in [0.29, 0.717) is 0 Å². The van der Waals surface area contributed by atoms with E-state index in [4.69, 9.17) is 0 Å². The molecule has 0 fully saturated rings. The molecule has 72 valence electrons. The Balaban J connectivity index is 2.86. The predicted octanol–water partition coefficient (Wildman–Crippen LogP) is 1.36. The van der Waals surface area contributed by atoms with Crippen LogP contribution in [0, 0.1) is 0 Å². The van der Waals surface area contributed by atoms with E-state index in [2.05, 4.69) is 34.0 Å². The van der Waals surface area contributed by atoms with Crippen molar-refractivity contribution in [1.29, 1.82) is 0 Å². The fraction of sp³-hybridized carbons (Fsp3) is 0.556. The summed E-state index contributed by atoms with van der Waals surface area (Å²) in [5, 5.41) is 2.99. The summed E-state index contributed by atoms with van der Waals surface area (Å²) >= 11 is 0. The molecular weight excluding hydrogens is 164 g/mol. The zero-order valence-electron chi connectivity index (χ0n) is 8.41. The molecule has 1 heterocycles. The number of aromatic nitrogens is 2. The Morgan fingerprint density at radius 3 is 2.62 bits per heavy atom. The fourth-order valence-corrected chi connectivity index (χ4v) is 1.15. The van der Waals surface area contributed by atoms with E-state index in [-0.39, 0.29) is 0 Å². The van der Waals surface area contributed by atoms with Crippen molar-refractivity contribution in [3.63, 3.8) is 0 Å². The maximum absolute atomic E-state index is 4.34. The number of hydrogen-bond acceptors (Lipinski definition) is 4. The topological polar surface area (TPSA) is 41.1 Å². The van der Waals surface area contributed by atoms with Crippen molar-refractivity contribution in [1.82, 2.24) is 9.97 Å². The van der Waals surface area contributed by atoms with E-state index in [1.54, 1.807) is 6.20 Å². The lowest BCUT2D eigenvalue weighted by Crippen LogP contribution is -2.24. The Labute approximate surface area is 79.0 Å². The zero-order valence-corrected chi connectivity index (χ0v) is 8.41. The van der Waals surface area contributed by atoms with Gasteiger partial charge in [-0.2, -0.15) is 4.98 Å². The molecule has 1 aromatic rings. The third-order valence-corrected chi connectivity index (χ3v) is 1.95. The lowest BCUT2D eigenvalue weighted by atomic mass is 10.5. The van der Waals surface area contributed by atoms with E-state index in [1.807, 2.05) is 13.1 Å². The second kappa shape index (κ2) is 4.64. The normalized spacial score (nSPS) is 9.77. The van der Waals surface area contributed by atoms with Crippen molar-refractivity contribution in [3.8, 4) is 0 Å². The molecule has 0 spiro atoms. The quantitative estimate of drug-likeness (QED) is 0.759. The van der Waals surface area contributed by atoms with Crippen molar-refractivity contribution >= 4 is 11.8 Å². The minimum absolute atomic E-state index is 0.789. The highest BCUT2D eigenvalue weighted by Gasteiger charge is 2.04. The second-order valence-electron chi connectivity index (χ2n) is 2.66. The van der Waals surface area contributed by atoms with Gasteiger partial charge in [0.25, 0.3) is 0 Å². The lowest BCUT2D eigenvalue weighted by Gasteiger charge is -2.18. The first-order chi connectivity index (χ1) is 6.31. The van der Waals surface area contributed by atoms with E-state index in [9.17, 15) is 0 Å². The summed E-state index contributed by atoms with van der Waals surface area (Å²) in [6.45, 7) is 6.06. The summed E-state index contributed by atoms with van der Waals surface area (Å²) in [7, 11) is 1.86. The highest BCUT2D eigenvalue weighted by atomic mass is 15.3. The molecule has 1 aromatic heterocycles. The Bertz CT molecular complexity index is 258. The first-order valence-electron chi connectivity index (χ1n) is 4.57. The summed E-state index contributed by atoms with van der Waals surface area (Å²) in [6, 6.07) is 1.85. The standard InChI is InChI=1S/C9H16N4/c1-4-13(5-2)9-11-7-6-8(10-3)12-9/h6-7H,4-5H2,1-3H3,(H,10,11,12). The van der Waals surface area contributed by atoms with Crippen LogP contribution in [0.5, 0.6) is 0 Å². The molecule has 1 rings (SSSR count). The Morgan fingerprint density at radius 2 is 2.08 bits per heavy atom. The molecule has 0 aromatic carbocycles. The zero-order chi connectivity index (χ0) is 9.68. The Hall–Kier alpha value is -1.32. The van der Waals surface area contributed by atoms with Gasteiger partial charge >= 0.3 is 0 Å². The molecule has 0 amide bonds. The third-order valence-electron chi connectivity index (χ3n) is 1.95. The highest BCUT2D eigenvalue weighted by Crippen LogP contribution is 2.09. The first-order valence-corrected chi connectivity index (χ1v) is 4.57. The summed E-state index contributed by atoms with van der Waals surface area (Å²) < 4.78 is 0. The van der Waals surface area contributed by atoms with Gasteiger partial charge < -0.3 is 10.2 Å². The van der Waals surface area contributed by atoms with Gasteiger partial charge in [0, 0.05) is 26.3 Å². The van der Waals surface area contributed by atoms with Crippen molar-refractivity contribution in [3.05, 3.63) is 12.3 Å². The molecule has 0 unspecified atom stereocenters. The molecule has 0 atom stereocenters. The Morgan fingerprint density at radius 1 is 1.38 bits per heavy atom. The molecule has 0 aliphatic heterocycles. The highest BCUT2D eigenvalue weighted by molar-refractivity contribution is 5.40. The molecular formula is C9H16N4. The molecule has 0 aliphatic carbocycles. The van der Waals surface area contributed by atoms with Crippen LogP contribution in [0.25, 0.3) is 0 Å².